The third-order valence-electron chi connectivity index (χ3n) is 4.61. The minimum atomic E-state index is -0.243. The summed E-state index contributed by atoms with van der Waals surface area (Å²) in [6.45, 7) is 8.92. The largest absolute Gasteiger partial charge is 1.00 e. The van der Waals surface area contributed by atoms with Crippen LogP contribution in [0.5, 0.6) is 0 Å². The Morgan fingerprint density at radius 1 is 0.690 bits per heavy atom. The fourth-order valence-corrected chi connectivity index (χ4v) is 3.02. The zero-order chi connectivity index (χ0) is 20.7. The Morgan fingerprint density at radius 2 is 1.00 bits per heavy atom. The van der Waals surface area contributed by atoms with Crippen molar-refractivity contribution < 1.29 is 34.0 Å². The van der Waals surface area contributed by atoms with Crippen LogP contribution in [0.1, 0.15) is 50.7 Å². The van der Waals surface area contributed by atoms with Gasteiger partial charge >= 0.3 is 43.1 Å². The molecule has 3 heteroatoms. The molecule has 0 spiro atoms. The van der Waals surface area contributed by atoms with Crippen molar-refractivity contribution in [3.8, 4) is 0 Å². The molecule has 4 rings (SSSR count). The van der Waals surface area contributed by atoms with Gasteiger partial charge < -0.3 is 12.4 Å². The second-order valence-corrected chi connectivity index (χ2v) is 25.1. The molecule has 0 aliphatic heterocycles. The van der Waals surface area contributed by atoms with E-state index in [4.69, 9.17) is 0 Å². The third-order valence-corrected chi connectivity index (χ3v) is 4.61. The SMILES string of the molecule is CC(C)c1cc2ccccc2[cH-]1.CC(C)c1cc2ccccc2[cH-]1.[CH3][Ge]([CH3])=[Zr].[Cl-]. The van der Waals surface area contributed by atoms with E-state index in [1.807, 2.05) is 0 Å². The van der Waals surface area contributed by atoms with Crippen LogP contribution in [0.4, 0.5) is 0 Å². The maximum atomic E-state index is 2.37. The summed E-state index contributed by atoms with van der Waals surface area (Å²) in [6.07, 6.45) is 0. The molecule has 0 unspecified atom stereocenters. The van der Waals surface area contributed by atoms with Crippen molar-refractivity contribution in [2.75, 3.05) is 0 Å². The van der Waals surface area contributed by atoms with Crippen LogP contribution < -0.4 is 12.4 Å². The molecule has 0 saturated heterocycles. The molecule has 0 radical (unpaired) electrons. The molecule has 4 aromatic carbocycles. The van der Waals surface area contributed by atoms with E-state index in [1.165, 1.54) is 32.7 Å². The molecule has 0 aromatic heterocycles. The first-order chi connectivity index (χ1) is 13.3. The first kappa shape index (κ1) is 26.4. The molecule has 0 nitrogen and oxygen atoms in total. The summed E-state index contributed by atoms with van der Waals surface area (Å²) in [6, 6.07) is 26.1. The molecule has 0 heterocycles. The molecule has 0 fully saturated rings. The minimum absolute atomic E-state index is 0. The summed E-state index contributed by atoms with van der Waals surface area (Å²) in [7, 11) is -0.243. The number of halogens is 1. The average Bonchev–Trinajstić information content (AvgIpc) is 3.26. The fourth-order valence-electron chi connectivity index (χ4n) is 3.02. The van der Waals surface area contributed by atoms with Gasteiger partial charge in [-0.2, -0.15) is 12.1 Å². The van der Waals surface area contributed by atoms with Crippen LogP contribution in [-0.2, 0) is 21.6 Å². The Hall–Kier alpha value is -0.624. The molecule has 0 aliphatic carbocycles. The van der Waals surface area contributed by atoms with E-state index in [0.717, 1.165) is 0 Å². The molecule has 4 aromatic rings. The maximum absolute atomic E-state index is 2.37. The van der Waals surface area contributed by atoms with Gasteiger partial charge in [0.1, 0.15) is 0 Å². The van der Waals surface area contributed by atoms with Gasteiger partial charge in [0.15, 0.2) is 0 Å². The van der Waals surface area contributed by atoms with Crippen molar-refractivity contribution >= 4 is 31.5 Å². The molecular formula is C26H32ClGeZr-3. The Bertz CT molecular complexity index is 875. The van der Waals surface area contributed by atoms with Crippen molar-refractivity contribution in [2.24, 2.45) is 0 Å². The fraction of sp³-hybridized carbons (Fsp3) is 0.308. The normalized spacial score (nSPS) is 10.2. The molecule has 0 bridgehead atoms. The summed E-state index contributed by atoms with van der Waals surface area (Å²) >= 11 is 1.80. The first-order valence-electron chi connectivity index (χ1n) is 10.1. The number of benzene rings is 2. The zero-order valence-electron chi connectivity index (χ0n) is 18.5. The van der Waals surface area contributed by atoms with E-state index >= 15 is 0 Å². The van der Waals surface area contributed by atoms with Crippen molar-refractivity contribution in [2.45, 2.75) is 51.0 Å². The van der Waals surface area contributed by atoms with E-state index < -0.39 is 0 Å². The van der Waals surface area contributed by atoms with Gasteiger partial charge in [0.05, 0.1) is 0 Å². The van der Waals surface area contributed by atoms with Gasteiger partial charge in [-0.05, 0) is 11.8 Å². The van der Waals surface area contributed by atoms with Gasteiger partial charge in [0.2, 0.25) is 0 Å². The van der Waals surface area contributed by atoms with E-state index in [1.54, 1.807) is 21.6 Å². The molecule has 0 amide bonds. The Balaban J connectivity index is 0.000000239. The minimum Gasteiger partial charge on any atom is -1.00 e. The predicted molar refractivity (Wildman–Crippen MR) is 125 cm³/mol. The van der Waals surface area contributed by atoms with E-state index in [9.17, 15) is 0 Å². The number of hydrogen-bond acceptors (Lipinski definition) is 0. The second kappa shape index (κ2) is 12.9. The summed E-state index contributed by atoms with van der Waals surface area (Å²) in [5, 5.41) is 5.45. The Labute approximate surface area is 199 Å². The summed E-state index contributed by atoms with van der Waals surface area (Å²) < 4.78 is 0. The van der Waals surface area contributed by atoms with E-state index in [0.29, 0.717) is 11.8 Å². The Kier molecular flexibility index (Phi) is 11.8. The summed E-state index contributed by atoms with van der Waals surface area (Å²) in [5.74, 6) is 6.02. The smallest absolute Gasteiger partial charge is 1.00 e. The molecular weight excluding hydrogens is 512 g/mol. The molecule has 0 saturated carbocycles. The summed E-state index contributed by atoms with van der Waals surface area (Å²) in [5.41, 5.74) is 2.88. The van der Waals surface area contributed by atoms with Crippen molar-refractivity contribution in [1.29, 1.82) is 0 Å². The summed E-state index contributed by atoms with van der Waals surface area (Å²) in [4.78, 5) is 0. The van der Waals surface area contributed by atoms with E-state index in [2.05, 4.69) is 112 Å². The second-order valence-electron chi connectivity index (χ2n) is 8.14. The average molecular weight is 544 g/mol. The zero-order valence-corrected chi connectivity index (χ0v) is 23.8. The van der Waals surface area contributed by atoms with Crippen molar-refractivity contribution in [3.63, 3.8) is 0 Å². The molecule has 154 valence electrons. The standard InChI is InChI=1S/2C12H13.C2H6Ge.ClH.Zr/c2*1-9(2)12-7-10-5-3-4-6-11(10)8-12;1-3-2;;/h2*3-9H,1-2H3;1-2H3;1H;/q2*-1;;;/p-1. The molecule has 29 heavy (non-hydrogen) atoms. The van der Waals surface area contributed by atoms with Gasteiger partial charge in [-0.3, -0.25) is 0 Å². The molecule has 0 aliphatic rings. The number of fused-ring (bicyclic) bond motifs is 2. The van der Waals surface area contributed by atoms with Crippen LogP contribution in [0.2, 0.25) is 11.5 Å². The monoisotopic (exact) mass is 543 g/mol. The predicted octanol–water partition coefficient (Wildman–Crippen LogP) is 5.15. The van der Waals surface area contributed by atoms with Crippen LogP contribution in [0.3, 0.4) is 0 Å². The van der Waals surface area contributed by atoms with Gasteiger partial charge in [-0.15, -0.1) is 81.2 Å². The molecule has 0 N–H and O–H groups in total. The van der Waals surface area contributed by atoms with Gasteiger partial charge in [-0.25, -0.2) is 0 Å². The van der Waals surface area contributed by atoms with Crippen LogP contribution in [0, 0.1) is 0 Å². The van der Waals surface area contributed by atoms with Crippen LogP contribution in [0.25, 0.3) is 21.5 Å². The van der Waals surface area contributed by atoms with Gasteiger partial charge in [0, 0.05) is 0 Å². The topological polar surface area (TPSA) is 0 Å². The van der Waals surface area contributed by atoms with Crippen LogP contribution in [0.15, 0.2) is 72.8 Å². The van der Waals surface area contributed by atoms with Crippen LogP contribution >= 0.6 is 0 Å². The Morgan fingerprint density at radius 3 is 1.28 bits per heavy atom. The van der Waals surface area contributed by atoms with Gasteiger partial charge in [0.25, 0.3) is 0 Å². The van der Waals surface area contributed by atoms with Crippen molar-refractivity contribution in [1.82, 2.24) is 0 Å². The van der Waals surface area contributed by atoms with Gasteiger partial charge in [-0.1, -0.05) is 39.8 Å². The number of rotatable bonds is 2. The molecule has 0 atom stereocenters. The quantitative estimate of drug-likeness (QED) is 0.242. The number of hydrogen-bond donors (Lipinski definition) is 0. The van der Waals surface area contributed by atoms with Crippen LogP contribution in [-0.4, -0.2) is 9.98 Å². The van der Waals surface area contributed by atoms with E-state index in [-0.39, 0.29) is 22.4 Å². The van der Waals surface area contributed by atoms with Crippen molar-refractivity contribution in [3.05, 3.63) is 83.9 Å². The maximum Gasteiger partial charge on any atom is -1.00 e. The first-order valence-corrected chi connectivity index (χ1v) is 21.7. The third kappa shape index (κ3) is 8.56.